The average Bonchev–Trinajstić information content (AvgIpc) is 3.10. The first-order valence-corrected chi connectivity index (χ1v) is 7.99. The summed E-state index contributed by atoms with van der Waals surface area (Å²) in [6.45, 7) is 12.8. The van der Waals surface area contributed by atoms with Gasteiger partial charge in [-0.25, -0.2) is 0 Å². The zero-order chi connectivity index (χ0) is 15.3. The quantitative estimate of drug-likeness (QED) is 0.647. The van der Waals surface area contributed by atoms with E-state index in [9.17, 15) is 9.90 Å². The van der Waals surface area contributed by atoms with Crippen LogP contribution in [-0.2, 0) is 4.79 Å². The Balaban J connectivity index is 2.43. The van der Waals surface area contributed by atoms with Crippen molar-refractivity contribution in [3.8, 4) is 0 Å². The number of hydrogen-bond donors (Lipinski definition) is 2. The predicted molar refractivity (Wildman–Crippen MR) is 83.0 cm³/mol. The molecule has 0 heterocycles. The number of hydrogen-bond acceptors (Lipinski definition) is 3. The molecular weight excluding hydrogens is 252 g/mol. The molecule has 1 fully saturated rings. The van der Waals surface area contributed by atoms with Crippen LogP contribution in [-0.4, -0.2) is 46.7 Å². The number of aliphatic carboxylic acids is 1. The van der Waals surface area contributed by atoms with Gasteiger partial charge in [0.1, 0.15) is 5.54 Å². The lowest BCUT2D eigenvalue weighted by Crippen LogP contribution is -2.51. The predicted octanol–water partition coefficient (Wildman–Crippen LogP) is 2.73. The zero-order valence-corrected chi connectivity index (χ0v) is 13.8. The molecule has 1 atom stereocenters. The Morgan fingerprint density at radius 3 is 2.35 bits per heavy atom. The third-order valence-electron chi connectivity index (χ3n) is 4.02. The molecule has 1 rings (SSSR count). The van der Waals surface area contributed by atoms with Crippen molar-refractivity contribution in [2.45, 2.75) is 77.9 Å². The molecule has 20 heavy (non-hydrogen) atoms. The third kappa shape index (κ3) is 5.80. The van der Waals surface area contributed by atoms with Crippen molar-refractivity contribution in [2.24, 2.45) is 5.92 Å². The molecule has 0 aromatic carbocycles. The van der Waals surface area contributed by atoms with Crippen molar-refractivity contribution in [1.82, 2.24) is 10.2 Å². The van der Waals surface area contributed by atoms with Crippen molar-refractivity contribution in [3.05, 3.63) is 0 Å². The molecule has 0 spiro atoms. The molecule has 0 aromatic heterocycles. The number of rotatable bonds is 10. The highest BCUT2D eigenvalue weighted by Gasteiger charge is 2.38. The summed E-state index contributed by atoms with van der Waals surface area (Å²) in [4.78, 5) is 13.9. The second kappa shape index (κ2) is 7.41. The Hall–Kier alpha value is -0.610. The molecule has 0 saturated heterocycles. The van der Waals surface area contributed by atoms with Gasteiger partial charge in [0.05, 0.1) is 0 Å². The molecule has 4 heteroatoms. The van der Waals surface area contributed by atoms with Crippen LogP contribution < -0.4 is 5.32 Å². The van der Waals surface area contributed by atoms with Crippen LogP contribution in [0, 0.1) is 5.92 Å². The first-order valence-electron chi connectivity index (χ1n) is 7.99. The van der Waals surface area contributed by atoms with Crippen LogP contribution in [0.1, 0.15) is 60.3 Å². The van der Waals surface area contributed by atoms with Gasteiger partial charge in [0.2, 0.25) is 0 Å². The Bertz CT molecular complexity index is 314. The maximum atomic E-state index is 11.5. The van der Waals surface area contributed by atoms with Gasteiger partial charge in [-0.3, -0.25) is 10.1 Å². The summed E-state index contributed by atoms with van der Waals surface area (Å²) in [6.07, 6.45) is 3.86. The lowest BCUT2D eigenvalue weighted by atomic mass is 9.95. The smallest absolute Gasteiger partial charge is 0.323 e. The SMILES string of the molecule is CC(C)CN(CCCC(C)(NC1CC1)C(=O)O)C(C)C. The van der Waals surface area contributed by atoms with Gasteiger partial charge in [0.15, 0.2) is 0 Å². The Kier molecular flexibility index (Phi) is 6.46. The molecule has 0 aliphatic heterocycles. The van der Waals surface area contributed by atoms with E-state index in [-0.39, 0.29) is 0 Å². The summed E-state index contributed by atoms with van der Waals surface area (Å²) in [6, 6.07) is 0.942. The van der Waals surface area contributed by atoms with E-state index in [1.54, 1.807) is 0 Å². The highest BCUT2D eigenvalue weighted by molar-refractivity contribution is 5.78. The van der Waals surface area contributed by atoms with Gasteiger partial charge in [-0.2, -0.15) is 0 Å². The Labute approximate surface area is 123 Å². The second-order valence-corrected chi connectivity index (χ2v) is 7.14. The van der Waals surface area contributed by atoms with Crippen molar-refractivity contribution in [3.63, 3.8) is 0 Å². The number of carboxylic acid groups (broad SMARTS) is 1. The Morgan fingerprint density at radius 2 is 1.95 bits per heavy atom. The van der Waals surface area contributed by atoms with Crippen LogP contribution in [0.2, 0.25) is 0 Å². The lowest BCUT2D eigenvalue weighted by Gasteiger charge is -2.31. The van der Waals surface area contributed by atoms with Crippen LogP contribution >= 0.6 is 0 Å². The molecule has 118 valence electrons. The highest BCUT2D eigenvalue weighted by atomic mass is 16.4. The number of carboxylic acids is 1. The van der Waals surface area contributed by atoms with E-state index in [4.69, 9.17) is 0 Å². The van der Waals surface area contributed by atoms with Crippen LogP contribution in [0.25, 0.3) is 0 Å². The van der Waals surface area contributed by atoms with Gasteiger partial charge in [-0.05, 0) is 58.9 Å². The average molecular weight is 284 g/mol. The number of nitrogens with zero attached hydrogens (tertiary/aromatic N) is 1. The van der Waals surface area contributed by atoms with Gasteiger partial charge >= 0.3 is 5.97 Å². The summed E-state index contributed by atoms with van der Waals surface area (Å²) < 4.78 is 0. The van der Waals surface area contributed by atoms with Crippen molar-refractivity contribution < 1.29 is 9.90 Å². The monoisotopic (exact) mass is 284 g/mol. The van der Waals surface area contributed by atoms with Crippen LogP contribution in [0.5, 0.6) is 0 Å². The fraction of sp³-hybridized carbons (Fsp3) is 0.938. The fourth-order valence-electron chi connectivity index (χ4n) is 2.58. The van der Waals surface area contributed by atoms with Gasteiger partial charge < -0.3 is 10.0 Å². The molecule has 4 nitrogen and oxygen atoms in total. The van der Waals surface area contributed by atoms with Gasteiger partial charge in [-0.15, -0.1) is 0 Å². The molecule has 1 aliphatic carbocycles. The van der Waals surface area contributed by atoms with Crippen LogP contribution in [0.15, 0.2) is 0 Å². The molecule has 1 saturated carbocycles. The first kappa shape index (κ1) is 17.4. The number of carbonyl (C=O) groups is 1. The summed E-state index contributed by atoms with van der Waals surface area (Å²) in [7, 11) is 0. The molecule has 0 radical (unpaired) electrons. The third-order valence-corrected chi connectivity index (χ3v) is 4.02. The summed E-state index contributed by atoms with van der Waals surface area (Å²) in [5.41, 5.74) is -0.762. The highest BCUT2D eigenvalue weighted by Crippen LogP contribution is 2.25. The molecule has 2 N–H and O–H groups in total. The van der Waals surface area contributed by atoms with E-state index < -0.39 is 11.5 Å². The van der Waals surface area contributed by atoms with E-state index in [2.05, 4.69) is 37.9 Å². The number of nitrogens with one attached hydrogen (secondary N) is 1. The molecule has 0 bridgehead atoms. The zero-order valence-electron chi connectivity index (χ0n) is 13.8. The van der Waals surface area contributed by atoms with E-state index in [1.165, 1.54) is 0 Å². The van der Waals surface area contributed by atoms with Gasteiger partial charge in [0, 0.05) is 18.6 Å². The van der Waals surface area contributed by atoms with E-state index in [0.717, 1.165) is 32.4 Å². The van der Waals surface area contributed by atoms with Crippen molar-refractivity contribution >= 4 is 5.97 Å². The maximum Gasteiger partial charge on any atom is 0.323 e. The largest absolute Gasteiger partial charge is 0.480 e. The van der Waals surface area contributed by atoms with Crippen molar-refractivity contribution in [1.29, 1.82) is 0 Å². The Morgan fingerprint density at radius 1 is 1.35 bits per heavy atom. The van der Waals surface area contributed by atoms with Crippen molar-refractivity contribution in [2.75, 3.05) is 13.1 Å². The summed E-state index contributed by atoms with van der Waals surface area (Å²) >= 11 is 0. The van der Waals surface area contributed by atoms with E-state index in [0.29, 0.717) is 24.4 Å². The summed E-state index contributed by atoms with van der Waals surface area (Å²) in [5, 5.41) is 12.7. The molecular formula is C16H32N2O2. The minimum absolute atomic E-state index is 0.424. The minimum atomic E-state index is -0.762. The molecule has 1 unspecified atom stereocenters. The van der Waals surface area contributed by atoms with Gasteiger partial charge in [0.25, 0.3) is 0 Å². The van der Waals surface area contributed by atoms with Gasteiger partial charge in [-0.1, -0.05) is 13.8 Å². The topological polar surface area (TPSA) is 52.6 Å². The second-order valence-electron chi connectivity index (χ2n) is 7.14. The minimum Gasteiger partial charge on any atom is -0.480 e. The lowest BCUT2D eigenvalue weighted by molar-refractivity contribution is -0.144. The molecule has 0 aromatic rings. The summed E-state index contributed by atoms with van der Waals surface area (Å²) in [5.74, 6) is -0.0720. The standard InChI is InChI=1S/C16H32N2O2/c1-12(2)11-18(13(3)4)10-6-9-16(5,15(19)20)17-14-7-8-14/h12-14,17H,6-11H2,1-5H3,(H,19,20). The van der Waals surface area contributed by atoms with E-state index in [1.807, 2.05) is 6.92 Å². The van der Waals surface area contributed by atoms with Crippen LogP contribution in [0.4, 0.5) is 0 Å². The normalized spacial score (nSPS) is 18.8. The van der Waals surface area contributed by atoms with Crippen LogP contribution in [0.3, 0.4) is 0 Å². The van der Waals surface area contributed by atoms with E-state index >= 15 is 0 Å². The fourth-order valence-corrected chi connectivity index (χ4v) is 2.58. The molecule has 1 aliphatic rings. The first-order chi connectivity index (χ1) is 9.24. The molecule has 0 amide bonds. The maximum absolute atomic E-state index is 11.5.